The van der Waals surface area contributed by atoms with Crippen molar-refractivity contribution in [2.45, 2.75) is 13.0 Å². The summed E-state index contributed by atoms with van der Waals surface area (Å²) in [5.41, 5.74) is -0.481. The fourth-order valence-electron chi connectivity index (χ4n) is 1.25. The van der Waals surface area contributed by atoms with Crippen LogP contribution < -0.4 is 15.4 Å². The number of hydrogen-bond donors (Lipinski definition) is 2. The van der Waals surface area contributed by atoms with Crippen LogP contribution in [0.5, 0.6) is 5.75 Å². The third-order valence-electron chi connectivity index (χ3n) is 2.26. The molecule has 0 aromatic heterocycles. The molecule has 0 saturated carbocycles. The van der Waals surface area contributed by atoms with E-state index < -0.39 is 40.2 Å². The molecule has 0 radical (unpaired) electrons. The first-order chi connectivity index (χ1) is 9.35. The Morgan fingerprint density at radius 2 is 2.10 bits per heavy atom. The minimum atomic E-state index is -1.22. The van der Waals surface area contributed by atoms with Crippen LogP contribution in [-0.2, 0) is 4.79 Å². The lowest BCUT2D eigenvalue weighted by Crippen LogP contribution is -2.44. The third kappa shape index (κ3) is 3.90. The van der Waals surface area contributed by atoms with Crippen LogP contribution in [0.2, 0.25) is 0 Å². The Bertz CT molecular complexity index is 549. The van der Waals surface area contributed by atoms with Crippen molar-refractivity contribution in [3.8, 4) is 5.75 Å². The Morgan fingerprint density at radius 3 is 2.65 bits per heavy atom. The molecule has 8 nitrogen and oxygen atoms in total. The molecule has 0 unspecified atom stereocenters. The van der Waals surface area contributed by atoms with Gasteiger partial charge in [-0.1, -0.05) is 0 Å². The fraction of sp³-hybridized carbons (Fsp3) is 0.273. The van der Waals surface area contributed by atoms with E-state index in [0.717, 1.165) is 18.2 Å². The SMILES string of the molecule is CNC(=O)NC(=O)[C@H](C)Oc1cc(F)ccc1[N+](=O)[O-]. The lowest BCUT2D eigenvalue weighted by Gasteiger charge is -2.13. The van der Waals surface area contributed by atoms with Gasteiger partial charge in [0.25, 0.3) is 5.91 Å². The standard InChI is InChI=1S/C11H12FN3O5/c1-6(10(16)14-11(17)13-2)20-9-5-7(12)3-4-8(9)15(18)19/h3-6H,1-2H3,(H2,13,14,16,17)/t6-/m0/s1. The first kappa shape index (κ1) is 15.3. The predicted molar refractivity (Wildman–Crippen MR) is 65.7 cm³/mol. The molecule has 0 bridgehead atoms. The molecule has 0 spiro atoms. The first-order valence-electron chi connectivity index (χ1n) is 5.48. The van der Waals surface area contributed by atoms with Crippen LogP contribution in [0.1, 0.15) is 6.92 Å². The minimum absolute atomic E-state index is 0.394. The maximum Gasteiger partial charge on any atom is 0.321 e. The van der Waals surface area contributed by atoms with Crippen molar-refractivity contribution in [2.24, 2.45) is 0 Å². The zero-order valence-corrected chi connectivity index (χ0v) is 10.7. The van der Waals surface area contributed by atoms with Gasteiger partial charge in [-0.15, -0.1) is 0 Å². The van der Waals surface area contributed by atoms with Gasteiger partial charge in [0.1, 0.15) is 5.82 Å². The van der Waals surface area contributed by atoms with E-state index in [1.165, 1.54) is 14.0 Å². The molecule has 0 fully saturated rings. The van der Waals surface area contributed by atoms with Crippen LogP contribution in [0, 0.1) is 15.9 Å². The van der Waals surface area contributed by atoms with Crippen LogP contribution in [0.15, 0.2) is 18.2 Å². The summed E-state index contributed by atoms with van der Waals surface area (Å²) in [5, 5.41) is 14.8. The number of rotatable bonds is 4. The molecule has 0 aliphatic carbocycles. The highest BCUT2D eigenvalue weighted by Gasteiger charge is 2.22. The van der Waals surface area contributed by atoms with E-state index in [4.69, 9.17) is 4.74 Å². The summed E-state index contributed by atoms with van der Waals surface area (Å²) in [6.45, 7) is 1.27. The highest BCUT2D eigenvalue weighted by molar-refractivity contribution is 5.96. The summed E-state index contributed by atoms with van der Waals surface area (Å²) in [4.78, 5) is 32.4. The quantitative estimate of drug-likeness (QED) is 0.632. The molecular formula is C11H12FN3O5. The molecule has 2 N–H and O–H groups in total. The average Bonchev–Trinajstić information content (AvgIpc) is 2.38. The topological polar surface area (TPSA) is 111 Å². The van der Waals surface area contributed by atoms with Gasteiger partial charge < -0.3 is 10.1 Å². The summed E-state index contributed by atoms with van der Waals surface area (Å²) in [7, 11) is 1.31. The third-order valence-corrected chi connectivity index (χ3v) is 2.26. The van der Waals surface area contributed by atoms with E-state index in [1.54, 1.807) is 0 Å². The monoisotopic (exact) mass is 285 g/mol. The van der Waals surface area contributed by atoms with Gasteiger partial charge in [-0.2, -0.15) is 0 Å². The van der Waals surface area contributed by atoms with Crippen LogP contribution in [-0.4, -0.2) is 30.0 Å². The number of carbonyl (C=O) groups excluding carboxylic acids is 2. The van der Waals surface area contributed by atoms with Gasteiger partial charge in [0.2, 0.25) is 5.75 Å². The van der Waals surface area contributed by atoms with E-state index >= 15 is 0 Å². The van der Waals surface area contributed by atoms with Crippen molar-refractivity contribution < 1.29 is 23.6 Å². The van der Waals surface area contributed by atoms with Gasteiger partial charge in [0.05, 0.1) is 4.92 Å². The van der Waals surface area contributed by atoms with Gasteiger partial charge in [-0.3, -0.25) is 20.2 Å². The molecule has 20 heavy (non-hydrogen) atoms. The molecular weight excluding hydrogens is 273 g/mol. The number of imide groups is 1. The van der Waals surface area contributed by atoms with Crippen molar-refractivity contribution in [3.63, 3.8) is 0 Å². The smallest absolute Gasteiger partial charge is 0.321 e. The molecule has 1 aromatic rings. The Hall–Kier alpha value is -2.71. The minimum Gasteiger partial charge on any atom is -0.474 e. The van der Waals surface area contributed by atoms with Crippen LogP contribution >= 0.6 is 0 Å². The molecule has 1 aromatic carbocycles. The van der Waals surface area contributed by atoms with Crippen LogP contribution in [0.25, 0.3) is 0 Å². The van der Waals surface area contributed by atoms with E-state index in [9.17, 15) is 24.1 Å². The van der Waals surface area contributed by atoms with Gasteiger partial charge in [0, 0.05) is 19.2 Å². The molecule has 108 valence electrons. The summed E-state index contributed by atoms with van der Waals surface area (Å²) in [5.74, 6) is -1.96. The number of nitro benzene ring substituents is 1. The largest absolute Gasteiger partial charge is 0.474 e. The molecule has 1 rings (SSSR count). The van der Waals surface area contributed by atoms with Crippen molar-refractivity contribution in [2.75, 3.05) is 7.05 Å². The number of nitrogens with zero attached hydrogens (tertiary/aromatic N) is 1. The highest BCUT2D eigenvalue weighted by atomic mass is 19.1. The normalized spacial score (nSPS) is 11.3. The Labute approximate surface area is 113 Å². The summed E-state index contributed by atoms with van der Waals surface area (Å²) < 4.78 is 18.1. The summed E-state index contributed by atoms with van der Waals surface area (Å²) in [6.07, 6.45) is -1.22. The molecule has 0 aliphatic rings. The van der Waals surface area contributed by atoms with Crippen LogP contribution in [0.3, 0.4) is 0 Å². The molecule has 0 aliphatic heterocycles. The number of benzene rings is 1. The molecule has 0 saturated heterocycles. The van der Waals surface area contributed by atoms with Crippen molar-refractivity contribution in [1.82, 2.24) is 10.6 Å². The van der Waals surface area contributed by atoms with Gasteiger partial charge in [0.15, 0.2) is 6.10 Å². The van der Waals surface area contributed by atoms with Crippen molar-refractivity contribution in [3.05, 3.63) is 34.1 Å². The second-order valence-corrected chi connectivity index (χ2v) is 3.70. The number of nitrogens with one attached hydrogen (secondary N) is 2. The zero-order chi connectivity index (χ0) is 15.3. The van der Waals surface area contributed by atoms with E-state index in [1.807, 2.05) is 5.32 Å². The van der Waals surface area contributed by atoms with E-state index in [2.05, 4.69) is 5.32 Å². The van der Waals surface area contributed by atoms with Crippen molar-refractivity contribution >= 4 is 17.6 Å². The number of ether oxygens (including phenoxy) is 1. The second-order valence-electron chi connectivity index (χ2n) is 3.70. The number of nitro groups is 1. The van der Waals surface area contributed by atoms with Crippen molar-refractivity contribution in [1.29, 1.82) is 0 Å². The zero-order valence-electron chi connectivity index (χ0n) is 10.7. The molecule has 1 atom stereocenters. The Balaban J connectivity index is 2.87. The Kier molecular flexibility index (Phi) is 4.95. The number of hydrogen-bond acceptors (Lipinski definition) is 5. The predicted octanol–water partition coefficient (Wildman–Crippen LogP) is 0.957. The number of amides is 3. The number of halogens is 1. The average molecular weight is 285 g/mol. The van der Waals surface area contributed by atoms with Gasteiger partial charge >= 0.3 is 11.7 Å². The highest BCUT2D eigenvalue weighted by Crippen LogP contribution is 2.28. The van der Waals surface area contributed by atoms with E-state index in [-0.39, 0.29) is 0 Å². The van der Waals surface area contributed by atoms with E-state index in [0.29, 0.717) is 0 Å². The van der Waals surface area contributed by atoms with Gasteiger partial charge in [-0.25, -0.2) is 9.18 Å². The molecule has 0 heterocycles. The van der Waals surface area contributed by atoms with Crippen LogP contribution in [0.4, 0.5) is 14.9 Å². The summed E-state index contributed by atoms with van der Waals surface area (Å²) >= 11 is 0. The van der Waals surface area contributed by atoms with Gasteiger partial charge in [-0.05, 0) is 13.0 Å². The fourth-order valence-corrected chi connectivity index (χ4v) is 1.25. The maximum absolute atomic E-state index is 13.1. The molecule has 3 amide bonds. The second kappa shape index (κ2) is 6.45. The number of carbonyl (C=O) groups is 2. The first-order valence-corrected chi connectivity index (χ1v) is 5.48. The summed E-state index contributed by atoms with van der Waals surface area (Å²) in [6, 6.07) is 1.87. The lowest BCUT2D eigenvalue weighted by molar-refractivity contribution is -0.386. The lowest BCUT2D eigenvalue weighted by atomic mass is 10.3. The molecule has 9 heteroatoms. The maximum atomic E-state index is 13.1. The number of urea groups is 1. The Morgan fingerprint density at radius 1 is 1.45 bits per heavy atom.